The highest BCUT2D eigenvalue weighted by Gasteiger charge is 2.53. The summed E-state index contributed by atoms with van der Waals surface area (Å²) in [6, 6.07) is 7.06. The third-order valence-corrected chi connectivity index (χ3v) is 7.48. The first-order chi connectivity index (χ1) is 9.45. The van der Waals surface area contributed by atoms with E-state index < -0.39 is 10.0 Å². The molecule has 0 N–H and O–H groups in total. The van der Waals surface area contributed by atoms with Crippen molar-refractivity contribution < 1.29 is 13.2 Å². The first kappa shape index (κ1) is 14.4. The van der Waals surface area contributed by atoms with Crippen molar-refractivity contribution in [2.24, 2.45) is 0 Å². The summed E-state index contributed by atoms with van der Waals surface area (Å²) >= 11 is 1.85. The van der Waals surface area contributed by atoms with Gasteiger partial charge in [-0.2, -0.15) is 4.31 Å². The first-order valence-corrected chi connectivity index (χ1v) is 9.11. The molecule has 20 heavy (non-hydrogen) atoms. The van der Waals surface area contributed by atoms with Crippen LogP contribution in [-0.2, 0) is 14.8 Å². The Morgan fingerprint density at radius 3 is 2.50 bits per heavy atom. The van der Waals surface area contributed by atoms with Gasteiger partial charge in [0.05, 0.1) is 11.0 Å². The molecule has 1 aromatic rings. The summed E-state index contributed by atoms with van der Waals surface area (Å²) in [4.78, 5) is 0.393. The number of methoxy groups -OCH3 is 1. The van der Waals surface area contributed by atoms with E-state index in [0.29, 0.717) is 18.0 Å². The van der Waals surface area contributed by atoms with Crippen LogP contribution in [0.25, 0.3) is 0 Å². The van der Waals surface area contributed by atoms with Crippen LogP contribution in [0.15, 0.2) is 29.2 Å². The molecule has 0 aromatic heterocycles. The summed E-state index contributed by atoms with van der Waals surface area (Å²) in [7, 11) is -1.60. The largest absolute Gasteiger partial charge is 0.381 e. The quantitative estimate of drug-likeness (QED) is 0.855. The summed E-state index contributed by atoms with van der Waals surface area (Å²) in [5.41, 5.74) is 1.07. The molecule has 2 aliphatic heterocycles. The summed E-state index contributed by atoms with van der Waals surface area (Å²) in [6.07, 6.45) is 1.22. The highest BCUT2D eigenvalue weighted by molar-refractivity contribution is 8.01. The molecule has 0 aliphatic carbocycles. The fourth-order valence-corrected chi connectivity index (χ4v) is 6.17. The third-order valence-electron chi connectivity index (χ3n) is 4.10. The maximum atomic E-state index is 12.5. The molecule has 4 nitrogen and oxygen atoms in total. The van der Waals surface area contributed by atoms with Crippen LogP contribution in [0.4, 0.5) is 0 Å². The average molecular weight is 313 g/mol. The second-order valence-electron chi connectivity index (χ2n) is 5.64. The van der Waals surface area contributed by atoms with Gasteiger partial charge in [0.15, 0.2) is 0 Å². The minimum atomic E-state index is -3.33. The Morgan fingerprint density at radius 1 is 1.30 bits per heavy atom. The third kappa shape index (κ3) is 2.39. The Balaban J connectivity index is 1.71. The average Bonchev–Trinajstić information content (AvgIpc) is 2.82. The van der Waals surface area contributed by atoms with Gasteiger partial charge in [0, 0.05) is 30.7 Å². The zero-order valence-corrected chi connectivity index (χ0v) is 13.3. The van der Waals surface area contributed by atoms with Gasteiger partial charge in [0.2, 0.25) is 10.0 Å². The van der Waals surface area contributed by atoms with Gasteiger partial charge in [-0.15, -0.1) is 11.8 Å². The van der Waals surface area contributed by atoms with Crippen LogP contribution in [0.5, 0.6) is 0 Å². The summed E-state index contributed by atoms with van der Waals surface area (Å²) in [5, 5.41) is 0. The van der Waals surface area contributed by atoms with Gasteiger partial charge in [-0.05, 0) is 25.5 Å². The zero-order valence-electron chi connectivity index (χ0n) is 11.7. The van der Waals surface area contributed by atoms with E-state index in [-0.39, 0.29) is 10.9 Å². The van der Waals surface area contributed by atoms with Crippen LogP contribution in [0.1, 0.15) is 12.0 Å². The van der Waals surface area contributed by atoms with Crippen molar-refractivity contribution in [2.45, 2.75) is 29.1 Å². The molecule has 0 amide bonds. The smallest absolute Gasteiger partial charge is 0.243 e. The van der Waals surface area contributed by atoms with Gasteiger partial charge in [-0.1, -0.05) is 17.7 Å². The van der Waals surface area contributed by atoms with Gasteiger partial charge in [0.25, 0.3) is 0 Å². The minimum absolute atomic E-state index is 0.0818. The molecule has 0 bridgehead atoms. The molecule has 3 rings (SSSR count). The van der Waals surface area contributed by atoms with Crippen LogP contribution in [0.3, 0.4) is 0 Å². The number of benzene rings is 1. The summed E-state index contributed by atoms with van der Waals surface area (Å²) in [6.45, 7) is 3.16. The van der Waals surface area contributed by atoms with Gasteiger partial charge >= 0.3 is 0 Å². The van der Waals surface area contributed by atoms with Crippen molar-refractivity contribution in [3.05, 3.63) is 29.8 Å². The molecule has 1 aromatic carbocycles. The number of sulfonamides is 1. The van der Waals surface area contributed by atoms with Gasteiger partial charge in [0.1, 0.15) is 0 Å². The van der Waals surface area contributed by atoms with Gasteiger partial charge in [-0.25, -0.2) is 8.42 Å². The highest BCUT2D eigenvalue weighted by Crippen LogP contribution is 2.47. The Morgan fingerprint density at radius 2 is 1.95 bits per heavy atom. The number of aryl methyl sites for hydroxylation is 1. The van der Waals surface area contributed by atoms with Crippen LogP contribution >= 0.6 is 11.8 Å². The summed E-state index contributed by atoms with van der Waals surface area (Å²) < 4.78 is 32.0. The monoisotopic (exact) mass is 313 g/mol. The lowest BCUT2D eigenvalue weighted by atomic mass is 9.96. The van der Waals surface area contributed by atoms with Gasteiger partial charge < -0.3 is 4.74 Å². The predicted octanol–water partition coefficient (Wildman–Crippen LogP) is 1.89. The maximum Gasteiger partial charge on any atom is 0.243 e. The van der Waals surface area contributed by atoms with Crippen molar-refractivity contribution in [3.8, 4) is 0 Å². The van der Waals surface area contributed by atoms with E-state index >= 15 is 0 Å². The van der Waals surface area contributed by atoms with E-state index in [4.69, 9.17) is 4.74 Å². The SMILES string of the molecule is COC1CSC2(C1)CN(S(=O)(=O)c1ccc(C)cc1)C2. The second-order valence-corrected chi connectivity index (χ2v) is 9.07. The van der Waals surface area contributed by atoms with Crippen LogP contribution in [0.2, 0.25) is 0 Å². The Labute approximate surface area is 124 Å². The lowest BCUT2D eigenvalue weighted by Crippen LogP contribution is -2.60. The van der Waals surface area contributed by atoms with Crippen LogP contribution in [-0.4, -0.2) is 49.5 Å². The molecule has 1 atom stereocenters. The van der Waals surface area contributed by atoms with Gasteiger partial charge in [-0.3, -0.25) is 0 Å². The predicted molar refractivity (Wildman–Crippen MR) is 80.5 cm³/mol. The number of nitrogens with zero attached hydrogens (tertiary/aromatic N) is 1. The van der Waals surface area contributed by atoms with Crippen molar-refractivity contribution in [1.82, 2.24) is 4.31 Å². The van der Waals surface area contributed by atoms with Crippen molar-refractivity contribution in [3.63, 3.8) is 0 Å². The van der Waals surface area contributed by atoms with Crippen molar-refractivity contribution in [2.75, 3.05) is 26.0 Å². The Hall–Kier alpha value is -0.560. The molecule has 2 aliphatic rings. The van der Waals surface area contributed by atoms with Crippen LogP contribution in [0, 0.1) is 6.92 Å². The number of rotatable bonds is 3. The lowest BCUT2D eigenvalue weighted by Gasteiger charge is -2.46. The first-order valence-electron chi connectivity index (χ1n) is 6.69. The van der Waals surface area contributed by atoms with E-state index in [0.717, 1.165) is 17.7 Å². The Bertz CT molecular complexity index is 591. The maximum absolute atomic E-state index is 12.5. The van der Waals surface area contributed by atoms with Crippen molar-refractivity contribution >= 4 is 21.8 Å². The van der Waals surface area contributed by atoms with E-state index in [1.54, 1.807) is 23.5 Å². The van der Waals surface area contributed by atoms with E-state index in [2.05, 4.69) is 0 Å². The standard InChI is InChI=1S/C14H19NO3S2/c1-11-3-5-13(6-4-11)20(16,17)15-9-14(10-15)7-12(18-2)8-19-14/h3-6,12H,7-10H2,1-2H3. The Kier molecular flexibility index (Phi) is 3.61. The highest BCUT2D eigenvalue weighted by atomic mass is 32.2. The molecule has 0 radical (unpaired) electrons. The number of hydrogen-bond donors (Lipinski definition) is 0. The topological polar surface area (TPSA) is 46.6 Å². The summed E-state index contributed by atoms with van der Waals surface area (Å²) in [5.74, 6) is 0.967. The normalized spacial score (nSPS) is 25.8. The van der Waals surface area contributed by atoms with E-state index in [1.165, 1.54) is 0 Å². The number of thioether (sulfide) groups is 1. The van der Waals surface area contributed by atoms with Crippen LogP contribution < -0.4 is 0 Å². The number of ether oxygens (including phenoxy) is 1. The second kappa shape index (κ2) is 5.02. The molecule has 1 unspecified atom stereocenters. The molecular weight excluding hydrogens is 294 g/mol. The van der Waals surface area contributed by atoms with Crippen molar-refractivity contribution in [1.29, 1.82) is 0 Å². The lowest BCUT2D eigenvalue weighted by molar-refractivity contribution is 0.0931. The molecule has 0 saturated carbocycles. The molecule has 2 fully saturated rings. The molecule has 6 heteroatoms. The molecule has 110 valence electrons. The van der Waals surface area contributed by atoms with E-state index in [9.17, 15) is 8.42 Å². The fraction of sp³-hybridized carbons (Fsp3) is 0.571. The molecular formula is C14H19NO3S2. The minimum Gasteiger partial charge on any atom is -0.381 e. The zero-order chi connectivity index (χ0) is 14.4. The fourth-order valence-electron chi connectivity index (χ4n) is 2.80. The molecule has 1 spiro atoms. The molecule has 2 heterocycles. The molecule has 2 saturated heterocycles. The number of hydrogen-bond acceptors (Lipinski definition) is 4. The van der Waals surface area contributed by atoms with E-state index in [1.807, 2.05) is 30.8 Å².